The number of ketones is 1. The van der Waals surface area contributed by atoms with Crippen molar-refractivity contribution in [2.75, 3.05) is 24.8 Å². The van der Waals surface area contributed by atoms with E-state index in [1.165, 1.54) is 6.92 Å². The first-order chi connectivity index (χ1) is 11.4. The standard InChI is InChI=1S/C18H18BrNO3S/c1-12(21)14-10-13(19)8-9-16(14)23-11-18(22)20(2)15-6-4-5-7-17(15)24-3/h4-10H,11H2,1-3H3. The molecule has 1 amide bonds. The number of likely N-dealkylation sites (N-methyl/N-ethyl adjacent to an activating group) is 1. The Hall–Kier alpha value is -1.79. The Morgan fingerprint density at radius 2 is 1.92 bits per heavy atom. The van der Waals surface area contributed by atoms with E-state index in [2.05, 4.69) is 15.9 Å². The molecule has 0 aromatic heterocycles. The van der Waals surface area contributed by atoms with Crippen LogP contribution < -0.4 is 9.64 Å². The van der Waals surface area contributed by atoms with Gasteiger partial charge in [0, 0.05) is 16.4 Å². The number of ether oxygens (including phenoxy) is 1. The lowest BCUT2D eigenvalue weighted by atomic mass is 10.1. The Labute approximate surface area is 154 Å². The molecule has 0 aliphatic carbocycles. The maximum Gasteiger partial charge on any atom is 0.264 e. The molecular weight excluding hydrogens is 390 g/mol. The number of carbonyl (C=O) groups excluding carboxylic acids is 2. The number of benzene rings is 2. The zero-order chi connectivity index (χ0) is 17.7. The smallest absolute Gasteiger partial charge is 0.264 e. The van der Waals surface area contributed by atoms with Gasteiger partial charge in [-0.25, -0.2) is 0 Å². The van der Waals surface area contributed by atoms with Crippen LogP contribution in [0.2, 0.25) is 0 Å². The van der Waals surface area contributed by atoms with Gasteiger partial charge in [-0.3, -0.25) is 9.59 Å². The summed E-state index contributed by atoms with van der Waals surface area (Å²) in [6.07, 6.45) is 1.97. The monoisotopic (exact) mass is 407 g/mol. The third-order valence-electron chi connectivity index (χ3n) is 3.49. The number of nitrogens with zero attached hydrogens (tertiary/aromatic N) is 1. The van der Waals surface area contributed by atoms with Crippen molar-refractivity contribution in [3.05, 3.63) is 52.5 Å². The molecule has 2 aromatic carbocycles. The number of thioether (sulfide) groups is 1. The minimum Gasteiger partial charge on any atom is -0.483 e. The molecule has 2 aromatic rings. The van der Waals surface area contributed by atoms with E-state index in [1.54, 1.807) is 41.9 Å². The van der Waals surface area contributed by atoms with Crippen molar-refractivity contribution in [2.24, 2.45) is 0 Å². The van der Waals surface area contributed by atoms with Gasteiger partial charge in [0.1, 0.15) is 5.75 Å². The zero-order valence-electron chi connectivity index (χ0n) is 13.7. The van der Waals surface area contributed by atoms with Crippen LogP contribution in [0.15, 0.2) is 51.8 Å². The highest BCUT2D eigenvalue weighted by atomic mass is 79.9. The maximum absolute atomic E-state index is 12.4. The van der Waals surface area contributed by atoms with Crippen LogP contribution in [0.1, 0.15) is 17.3 Å². The Morgan fingerprint density at radius 1 is 1.21 bits per heavy atom. The summed E-state index contributed by atoms with van der Waals surface area (Å²) in [6.45, 7) is 1.33. The molecule has 0 bridgehead atoms. The quantitative estimate of drug-likeness (QED) is 0.525. The summed E-state index contributed by atoms with van der Waals surface area (Å²) in [5.41, 5.74) is 1.28. The molecule has 126 valence electrons. The topological polar surface area (TPSA) is 46.6 Å². The first-order valence-electron chi connectivity index (χ1n) is 7.27. The summed E-state index contributed by atoms with van der Waals surface area (Å²) in [6, 6.07) is 12.8. The lowest BCUT2D eigenvalue weighted by molar-refractivity contribution is -0.120. The van der Waals surface area contributed by atoms with Crippen LogP contribution in [-0.2, 0) is 4.79 Å². The van der Waals surface area contributed by atoms with Gasteiger partial charge < -0.3 is 9.64 Å². The van der Waals surface area contributed by atoms with Crippen molar-refractivity contribution in [1.29, 1.82) is 0 Å². The molecule has 0 saturated heterocycles. The molecule has 2 rings (SSSR count). The first kappa shape index (κ1) is 18.5. The zero-order valence-corrected chi connectivity index (χ0v) is 16.1. The van der Waals surface area contributed by atoms with Crippen molar-refractivity contribution in [2.45, 2.75) is 11.8 Å². The number of hydrogen-bond donors (Lipinski definition) is 0. The molecule has 0 N–H and O–H groups in total. The number of rotatable bonds is 6. The van der Waals surface area contributed by atoms with Crippen molar-refractivity contribution in [3.8, 4) is 5.75 Å². The Morgan fingerprint density at radius 3 is 2.58 bits per heavy atom. The molecule has 4 nitrogen and oxygen atoms in total. The third-order valence-corrected chi connectivity index (χ3v) is 4.77. The second-order valence-electron chi connectivity index (χ2n) is 5.11. The van der Waals surface area contributed by atoms with Crippen LogP contribution >= 0.6 is 27.7 Å². The molecule has 0 atom stereocenters. The Balaban J connectivity index is 2.12. The molecule has 0 heterocycles. The molecule has 0 radical (unpaired) electrons. The normalized spacial score (nSPS) is 10.3. The van der Waals surface area contributed by atoms with E-state index in [0.29, 0.717) is 11.3 Å². The van der Waals surface area contributed by atoms with Gasteiger partial charge in [0.25, 0.3) is 5.91 Å². The second kappa shape index (κ2) is 8.35. The number of carbonyl (C=O) groups is 2. The molecule has 0 spiro atoms. The van der Waals surface area contributed by atoms with Crippen molar-refractivity contribution in [3.63, 3.8) is 0 Å². The van der Waals surface area contributed by atoms with Gasteiger partial charge >= 0.3 is 0 Å². The van der Waals surface area contributed by atoms with E-state index < -0.39 is 0 Å². The van der Waals surface area contributed by atoms with Crippen LogP contribution in [0.3, 0.4) is 0 Å². The van der Waals surface area contributed by atoms with Gasteiger partial charge in [-0.15, -0.1) is 11.8 Å². The molecule has 0 saturated carbocycles. The number of para-hydroxylation sites is 1. The highest BCUT2D eigenvalue weighted by molar-refractivity contribution is 9.10. The van der Waals surface area contributed by atoms with E-state index in [0.717, 1.165) is 15.1 Å². The predicted octanol–water partition coefficient (Wildman–Crippen LogP) is 4.42. The molecule has 0 aliphatic rings. The number of amides is 1. The van der Waals surface area contributed by atoms with Gasteiger partial charge in [-0.2, -0.15) is 0 Å². The summed E-state index contributed by atoms with van der Waals surface area (Å²) in [5.74, 6) is 0.111. The number of Topliss-reactive ketones (excluding diaryl/α,β-unsaturated/α-hetero) is 1. The van der Waals surface area contributed by atoms with Crippen LogP contribution in [0.4, 0.5) is 5.69 Å². The fourth-order valence-electron chi connectivity index (χ4n) is 2.18. The Bertz CT molecular complexity index is 764. The van der Waals surface area contributed by atoms with E-state index in [9.17, 15) is 9.59 Å². The van der Waals surface area contributed by atoms with Crippen LogP contribution in [0, 0.1) is 0 Å². The lowest BCUT2D eigenvalue weighted by Gasteiger charge is -2.20. The summed E-state index contributed by atoms with van der Waals surface area (Å²) in [4.78, 5) is 26.7. The minimum absolute atomic E-state index is 0.111. The summed E-state index contributed by atoms with van der Waals surface area (Å²) in [7, 11) is 1.72. The fourth-order valence-corrected chi connectivity index (χ4v) is 3.17. The van der Waals surface area contributed by atoms with Gasteiger partial charge in [-0.05, 0) is 43.5 Å². The fraction of sp³-hybridized carbons (Fsp3) is 0.222. The highest BCUT2D eigenvalue weighted by Gasteiger charge is 2.16. The van der Waals surface area contributed by atoms with Crippen molar-refractivity contribution < 1.29 is 14.3 Å². The van der Waals surface area contributed by atoms with Gasteiger partial charge in [0.2, 0.25) is 0 Å². The minimum atomic E-state index is -0.186. The average Bonchev–Trinajstić information content (AvgIpc) is 2.59. The molecular formula is C18H18BrNO3S. The predicted molar refractivity (Wildman–Crippen MR) is 101 cm³/mol. The SMILES string of the molecule is CSc1ccccc1N(C)C(=O)COc1ccc(Br)cc1C(C)=O. The number of halogens is 1. The van der Waals surface area contributed by atoms with Gasteiger partial charge in [-0.1, -0.05) is 28.1 Å². The van der Waals surface area contributed by atoms with Crippen LogP contribution in [0.5, 0.6) is 5.75 Å². The maximum atomic E-state index is 12.4. The average molecular weight is 408 g/mol. The first-order valence-corrected chi connectivity index (χ1v) is 9.28. The second-order valence-corrected chi connectivity index (χ2v) is 6.87. The summed E-state index contributed by atoms with van der Waals surface area (Å²) in [5, 5.41) is 0. The highest BCUT2D eigenvalue weighted by Crippen LogP contribution is 2.28. The van der Waals surface area contributed by atoms with Gasteiger partial charge in [0.15, 0.2) is 12.4 Å². The molecule has 24 heavy (non-hydrogen) atoms. The summed E-state index contributed by atoms with van der Waals surface area (Å²) >= 11 is 4.91. The van der Waals surface area contributed by atoms with Gasteiger partial charge in [0.05, 0.1) is 11.3 Å². The van der Waals surface area contributed by atoms with Crippen molar-refractivity contribution in [1.82, 2.24) is 0 Å². The number of anilines is 1. The molecule has 0 fully saturated rings. The third kappa shape index (κ3) is 4.39. The largest absolute Gasteiger partial charge is 0.483 e. The summed E-state index contributed by atoms with van der Waals surface area (Å²) < 4.78 is 6.38. The van der Waals surface area contributed by atoms with Crippen molar-refractivity contribution >= 4 is 45.1 Å². The molecule has 6 heteroatoms. The van der Waals surface area contributed by atoms with E-state index in [1.807, 2.05) is 30.5 Å². The van der Waals surface area contributed by atoms with E-state index in [-0.39, 0.29) is 18.3 Å². The van der Waals surface area contributed by atoms with E-state index in [4.69, 9.17) is 4.74 Å². The van der Waals surface area contributed by atoms with Crippen LogP contribution in [0.25, 0.3) is 0 Å². The number of hydrogen-bond acceptors (Lipinski definition) is 4. The molecule has 0 unspecified atom stereocenters. The Kier molecular flexibility index (Phi) is 6.45. The van der Waals surface area contributed by atoms with E-state index >= 15 is 0 Å². The van der Waals surface area contributed by atoms with Crippen LogP contribution in [-0.4, -0.2) is 31.6 Å². The lowest BCUT2D eigenvalue weighted by Crippen LogP contribution is -2.31. The molecule has 0 aliphatic heterocycles.